The second-order valence-corrected chi connectivity index (χ2v) is 5.45. The highest BCUT2D eigenvalue weighted by Crippen LogP contribution is 2.33. The van der Waals surface area contributed by atoms with Crippen LogP contribution in [0.25, 0.3) is 0 Å². The first-order chi connectivity index (χ1) is 9.41. The number of anilines is 1. The Kier molecular flexibility index (Phi) is 4.78. The molecule has 6 heteroatoms. The Morgan fingerprint density at radius 2 is 1.90 bits per heavy atom. The first kappa shape index (κ1) is 15.4. The van der Waals surface area contributed by atoms with Gasteiger partial charge in [-0.2, -0.15) is 13.2 Å². The summed E-state index contributed by atoms with van der Waals surface area (Å²) in [6.07, 6.45) is -0.595. The van der Waals surface area contributed by atoms with Gasteiger partial charge in [0.1, 0.15) is 5.82 Å². The van der Waals surface area contributed by atoms with E-state index in [1.807, 2.05) is 0 Å². The molecule has 1 aliphatic rings. The number of benzene rings is 1. The number of alkyl halides is 4. The summed E-state index contributed by atoms with van der Waals surface area (Å²) in [7, 11) is 0. The molecule has 0 bridgehead atoms. The van der Waals surface area contributed by atoms with Crippen molar-refractivity contribution >= 4 is 17.3 Å². The summed E-state index contributed by atoms with van der Waals surface area (Å²) in [6, 6.07) is 2.59. The van der Waals surface area contributed by atoms with Crippen molar-refractivity contribution in [1.29, 1.82) is 0 Å². The van der Waals surface area contributed by atoms with Crippen LogP contribution < -0.4 is 5.32 Å². The van der Waals surface area contributed by atoms with Crippen LogP contribution in [0.5, 0.6) is 0 Å². The second-order valence-electron chi connectivity index (χ2n) is 5.14. The molecule has 2 atom stereocenters. The topological polar surface area (TPSA) is 12.0 Å². The van der Waals surface area contributed by atoms with Crippen molar-refractivity contribution in [3.05, 3.63) is 29.6 Å². The molecule has 1 saturated carbocycles. The van der Waals surface area contributed by atoms with Crippen molar-refractivity contribution in [2.24, 2.45) is 5.92 Å². The van der Waals surface area contributed by atoms with Crippen LogP contribution in [-0.2, 0) is 6.18 Å². The van der Waals surface area contributed by atoms with E-state index in [1.165, 1.54) is 0 Å². The van der Waals surface area contributed by atoms with Crippen molar-refractivity contribution in [2.75, 3.05) is 11.2 Å². The zero-order valence-electron chi connectivity index (χ0n) is 10.8. The lowest BCUT2D eigenvalue weighted by atomic mass is 9.85. The molecule has 1 aromatic carbocycles. The Balaban J connectivity index is 2.13. The molecule has 1 aliphatic carbocycles. The molecule has 1 N–H and O–H groups in total. The normalized spacial score (nSPS) is 23.6. The van der Waals surface area contributed by atoms with Gasteiger partial charge in [0.2, 0.25) is 0 Å². The number of hydrogen-bond acceptors (Lipinski definition) is 1. The molecule has 2 unspecified atom stereocenters. The minimum atomic E-state index is -4.52. The fraction of sp³-hybridized carbons (Fsp3) is 0.571. The maximum Gasteiger partial charge on any atom is 0.416 e. The van der Waals surface area contributed by atoms with E-state index in [0.29, 0.717) is 11.9 Å². The molecular formula is C14H16ClF4N. The summed E-state index contributed by atoms with van der Waals surface area (Å²) in [5.74, 6) is -0.175. The average molecular weight is 310 g/mol. The van der Waals surface area contributed by atoms with Crippen LogP contribution >= 0.6 is 11.6 Å². The molecule has 0 radical (unpaired) electrons. The molecule has 1 fully saturated rings. The number of rotatable bonds is 3. The van der Waals surface area contributed by atoms with E-state index >= 15 is 0 Å². The summed E-state index contributed by atoms with van der Waals surface area (Å²) >= 11 is 5.88. The summed E-state index contributed by atoms with van der Waals surface area (Å²) < 4.78 is 51.2. The molecule has 0 amide bonds. The van der Waals surface area contributed by atoms with E-state index in [1.54, 1.807) is 0 Å². The van der Waals surface area contributed by atoms with Gasteiger partial charge < -0.3 is 5.32 Å². The Morgan fingerprint density at radius 3 is 2.50 bits per heavy atom. The zero-order valence-corrected chi connectivity index (χ0v) is 11.6. The monoisotopic (exact) mass is 309 g/mol. The lowest BCUT2D eigenvalue weighted by Crippen LogP contribution is -2.33. The van der Waals surface area contributed by atoms with Gasteiger partial charge in [0.05, 0.1) is 11.3 Å². The van der Waals surface area contributed by atoms with Crippen molar-refractivity contribution in [1.82, 2.24) is 0 Å². The quantitative estimate of drug-likeness (QED) is 0.608. The van der Waals surface area contributed by atoms with Crippen LogP contribution in [0.3, 0.4) is 0 Å². The van der Waals surface area contributed by atoms with Gasteiger partial charge >= 0.3 is 6.18 Å². The lowest BCUT2D eigenvalue weighted by Gasteiger charge is -2.31. The molecule has 1 nitrogen and oxygen atoms in total. The molecule has 0 spiro atoms. The van der Waals surface area contributed by atoms with Gasteiger partial charge in [0.15, 0.2) is 0 Å². The third-order valence-electron chi connectivity index (χ3n) is 3.74. The summed E-state index contributed by atoms with van der Waals surface area (Å²) in [4.78, 5) is 0. The van der Waals surface area contributed by atoms with Crippen LogP contribution in [0.15, 0.2) is 18.2 Å². The first-order valence-electron chi connectivity index (χ1n) is 6.61. The molecular weight excluding hydrogens is 294 g/mol. The van der Waals surface area contributed by atoms with Gasteiger partial charge in [-0.05, 0) is 37.0 Å². The highest BCUT2D eigenvalue weighted by Gasteiger charge is 2.31. The van der Waals surface area contributed by atoms with E-state index in [2.05, 4.69) is 5.32 Å². The highest BCUT2D eigenvalue weighted by molar-refractivity contribution is 6.18. The summed E-state index contributed by atoms with van der Waals surface area (Å²) in [5, 5.41) is 3.00. The van der Waals surface area contributed by atoms with Crippen LogP contribution in [0.2, 0.25) is 0 Å². The third-order valence-corrected chi connectivity index (χ3v) is 4.14. The van der Waals surface area contributed by atoms with Crippen LogP contribution in [0.1, 0.15) is 31.2 Å². The van der Waals surface area contributed by atoms with Gasteiger partial charge in [-0.1, -0.05) is 12.8 Å². The van der Waals surface area contributed by atoms with Crippen molar-refractivity contribution in [3.8, 4) is 0 Å². The minimum absolute atomic E-state index is 0.0208. The first-order valence-corrected chi connectivity index (χ1v) is 7.14. The number of halogens is 5. The molecule has 2 rings (SSSR count). The summed E-state index contributed by atoms with van der Waals surface area (Å²) in [6.45, 7) is 0. The second kappa shape index (κ2) is 6.20. The largest absolute Gasteiger partial charge is 0.416 e. The molecule has 112 valence electrons. The molecule has 0 heterocycles. The van der Waals surface area contributed by atoms with E-state index < -0.39 is 17.6 Å². The fourth-order valence-electron chi connectivity index (χ4n) is 2.59. The lowest BCUT2D eigenvalue weighted by molar-refractivity contribution is -0.137. The molecule has 1 aromatic rings. The van der Waals surface area contributed by atoms with Crippen molar-refractivity contribution in [3.63, 3.8) is 0 Å². The van der Waals surface area contributed by atoms with Gasteiger partial charge in [0.25, 0.3) is 0 Å². The van der Waals surface area contributed by atoms with Crippen LogP contribution in [-0.4, -0.2) is 11.9 Å². The molecule has 20 heavy (non-hydrogen) atoms. The van der Waals surface area contributed by atoms with E-state index in [4.69, 9.17) is 11.6 Å². The Hall–Kier alpha value is -0.970. The number of hydrogen-bond donors (Lipinski definition) is 1. The van der Waals surface area contributed by atoms with Crippen LogP contribution in [0, 0.1) is 11.7 Å². The maximum absolute atomic E-state index is 13.8. The van der Waals surface area contributed by atoms with E-state index in [0.717, 1.165) is 37.8 Å². The smallest absolute Gasteiger partial charge is 0.380 e. The fourth-order valence-corrected chi connectivity index (χ4v) is 2.96. The molecule has 0 saturated heterocycles. The average Bonchev–Trinajstić information content (AvgIpc) is 2.40. The third kappa shape index (κ3) is 3.57. The summed E-state index contributed by atoms with van der Waals surface area (Å²) in [5.41, 5.74) is -0.863. The maximum atomic E-state index is 13.8. The Morgan fingerprint density at radius 1 is 1.20 bits per heavy atom. The highest BCUT2D eigenvalue weighted by atomic mass is 35.5. The standard InChI is InChI=1S/C14H16ClF4N/c15-8-9-3-1-2-4-12(9)20-13-6-5-10(7-11(13)16)14(17,18)19/h5-7,9,12,20H,1-4,8H2. The minimum Gasteiger partial charge on any atom is -0.380 e. The van der Waals surface area contributed by atoms with Gasteiger partial charge in [0, 0.05) is 11.9 Å². The van der Waals surface area contributed by atoms with E-state index in [9.17, 15) is 17.6 Å². The molecule has 0 aromatic heterocycles. The zero-order chi connectivity index (χ0) is 14.8. The van der Waals surface area contributed by atoms with Gasteiger partial charge in [-0.15, -0.1) is 11.6 Å². The predicted octanol–water partition coefficient (Wildman–Crippen LogP) is 5.05. The van der Waals surface area contributed by atoms with Gasteiger partial charge in [-0.25, -0.2) is 4.39 Å². The molecule has 0 aliphatic heterocycles. The van der Waals surface area contributed by atoms with E-state index in [-0.39, 0.29) is 17.6 Å². The predicted molar refractivity (Wildman–Crippen MR) is 71.5 cm³/mol. The van der Waals surface area contributed by atoms with Crippen molar-refractivity contribution in [2.45, 2.75) is 37.9 Å². The van der Waals surface area contributed by atoms with Crippen LogP contribution in [0.4, 0.5) is 23.2 Å². The van der Waals surface area contributed by atoms with Crippen molar-refractivity contribution < 1.29 is 17.6 Å². The van der Waals surface area contributed by atoms with Gasteiger partial charge in [-0.3, -0.25) is 0 Å². The Labute approximate surface area is 120 Å². The SMILES string of the molecule is Fc1cc(C(F)(F)F)ccc1NC1CCCCC1CCl. The Bertz CT molecular complexity index is 461. The number of nitrogens with one attached hydrogen (secondary N) is 1.